The van der Waals surface area contributed by atoms with Crippen LogP contribution >= 0.6 is 0 Å². The maximum atomic E-state index is 0. The first-order valence-corrected chi connectivity index (χ1v) is 0. The molecule has 0 unspecified atom stereocenters. The number of rotatable bonds is 0. The molecular formula is CuO3Ti. The van der Waals surface area contributed by atoms with Gasteiger partial charge in [-0.2, -0.15) is 0 Å². The van der Waals surface area contributed by atoms with Crippen molar-refractivity contribution in [2.75, 3.05) is 0 Å². The molecule has 1 radical (unpaired) electrons. The number of hydrogen-bond donors (Lipinski definition) is 0. The summed E-state index contributed by atoms with van der Waals surface area (Å²) < 4.78 is 0. The molecule has 0 aliphatic carbocycles. The molecule has 0 aromatic carbocycles. The van der Waals surface area contributed by atoms with Gasteiger partial charge in [-0.05, 0) is 0 Å². The van der Waals surface area contributed by atoms with E-state index in [0.717, 1.165) is 0 Å². The molecule has 5 heteroatoms. The van der Waals surface area contributed by atoms with Gasteiger partial charge in [-0.3, -0.25) is 0 Å². The molecule has 0 heterocycles. The first-order valence-electron chi connectivity index (χ1n) is 0. The van der Waals surface area contributed by atoms with Crippen molar-refractivity contribution >= 4 is 0 Å². The van der Waals surface area contributed by atoms with Gasteiger partial charge in [0.05, 0.1) is 0 Å². The fourth-order valence-corrected chi connectivity index (χ4v) is 0. The fraction of sp³-hybridized carbons (Fsp3) is 0. The van der Waals surface area contributed by atoms with E-state index in [1.807, 2.05) is 0 Å². The van der Waals surface area contributed by atoms with Crippen molar-refractivity contribution in [2.24, 2.45) is 0 Å². The van der Waals surface area contributed by atoms with Crippen LogP contribution in [-0.4, -0.2) is 0 Å². The first-order chi connectivity index (χ1) is 0. The van der Waals surface area contributed by atoms with Crippen LogP contribution in [0.25, 0.3) is 0 Å². The predicted molar refractivity (Wildman–Crippen MR) is 2.06 cm³/mol. The summed E-state index contributed by atoms with van der Waals surface area (Å²) in [7, 11) is 0. The minimum atomic E-state index is 0. The summed E-state index contributed by atoms with van der Waals surface area (Å²) in [6.07, 6.45) is 0. The molecule has 0 bridgehead atoms. The van der Waals surface area contributed by atoms with Crippen molar-refractivity contribution in [3.05, 3.63) is 0 Å². The second-order valence-corrected chi connectivity index (χ2v) is 0. The molecule has 0 aliphatic heterocycles. The maximum Gasteiger partial charge on any atom is 4.00 e. The van der Waals surface area contributed by atoms with Gasteiger partial charge in [-0.25, -0.2) is 0 Å². The molecule has 0 N–H and O–H groups in total. The van der Waals surface area contributed by atoms with E-state index < -0.39 is 0 Å². The van der Waals surface area contributed by atoms with E-state index in [1.54, 1.807) is 0 Å². The van der Waals surface area contributed by atoms with Crippen LogP contribution in [0.2, 0.25) is 0 Å². The van der Waals surface area contributed by atoms with Crippen LogP contribution in [0.4, 0.5) is 0 Å². The van der Waals surface area contributed by atoms with Crippen molar-refractivity contribution in [1.29, 1.82) is 0 Å². The van der Waals surface area contributed by atoms with Gasteiger partial charge < -0.3 is 16.4 Å². The van der Waals surface area contributed by atoms with E-state index >= 15 is 0 Å². The Balaban J connectivity index is 0. The summed E-state index contributed by atoms with van der Waals surface area (Å²) in [6.45, 7) is 0. The Hall–Kier alpha value is 1.11. The van der Waals surface area contributed by atoms with Gasteiger partial charge in [0.1, 0.15) is 0 Å². The van der Waals surface area contributed by atoms with E-state index in [4.69, 9.17) is 0 Å². The van der Waals surface area contributed by atoms with Crippen LogP contribution in [-0.2, 0) is 55.2 Å². The van der Waals surface area contributed by atoms with Gasteiger partial charge in [-0.1, -0.05) is 0 Å². The summed E-state index contributed by atoms with van der Waals surface area (Å²) in [5, 5.41) is 0. The van der Waals surface area contributed by atoms with E-state index in [1.165, 1.54) is 0 Å². The van der Waals surface area contributed by atoms with Crippen LogP contribution < -0.4 is 0 Å². The third-order valence-electron chi connectivity index (χ3n) is 0. The van der Waals surface area contributed by atoms with Gasteiger partial charge in [0, 0.05) is 0 Å². The smallest absolute Gasteiger partial charge is 2.00 e. The standard InChI is InChI=1S/Cu.3O.Ti/q+2;3*-2;+4. The average Bonchev–Trinajstić information content (AvgIpc) is 0. The molecule has 0 aliphatic rings. The SMILES string of the molecule is [Cu+2].[O-2].[O-2].[O-2].[Ti+4]. The van der Waals surface area contributed by atoms with Crippen LogP contribution in [0.5, 0.6) is 0 Å². The van der Waals surface area contributed by atoms with Crippen molar-refractivity contribution in [3.63, 3.8) is 0 Å². The second kappa shape index (κ2) is 69.8. The molecule has 0 rings (SSSR count). The van der Waals surface area contributed by atoms with E-state index in [2.05, 4.69) is 0 Å². The summed E-state index contributed by atoms with van der Waals surface area (Å²) >= 11 is 0. The second-order valence-electron chi connectivity index (χ2n) is 0. The maximum absolute atomic E-state index is 0. The minimum Gasteiger partial charge on any atom is -2.00 e. The van der Waals surface area contributed by atoms with Gasteiger partial charge in [0.2, 0.25) is 0 Å². The van der Waals surface area contributed by atoms with Gasteiger partial charge in [0.15, 0.2) is 0 Å². The molecule has 0 fully saturated rings. The number of hydrogen-bond acceptors (Lipinski definition) is 0. The van der Waals surface area contributed by atoms with Crippen LogP contribution in [0.3, 0.4) is 0 Å². The van der Waals surface area contributed by atoms with Crippen molar-refractivity contribution in [3.8, 4) is 0 Å². The molecule has 5 heavy (non-hydrogen) atoms. The molecule has 0 aromatic rings. The molecule has 0 saturated heterocycles. The largest absolute Gasteiger partial charge is 4.00 e. The first kappa shape index (κ1) is 129. The molecule has 3 nitrogen and oxygen atoms in total. The zero-order valence-electron chi connectivity index (χ0n) is 2.03. The van der Waals surface area contributed by atoms with Crippen LogP contribution in [0.15, 0.2) is 0 Å². The summed E-state index contributed by atoms with van der Waals surface area (Å²) in [5.74, 6) is 0. The molecule has 33 valence electrons. The molecular weight excluding hydrogens is 159 g/mol. The molecule has 0 atom stereocenters. The quantitative estimate of drug-likeness (QED) is 0.432. The monoisotopic (exact) mass is 159 g/mol. The summed E-state index contributed by atoms with van der Waals surface area (Å²) in [6, 6.07) is 0. The Kier molecular flexibility index (Phi) is 1800. The van der Waals surface area contributed by atoms with Crippen molar-refractivity contribution in [1.82, 2.24) is 0 Å². The van der Waals surface area contributed by atoms with Crippen LogP contribution in [0, 0.1) is 0 Å². The van der Waals surface area contributed by atoms with Crippen molar-refractivity contribution < 1.29 is 55.2 Å². The summed E-state index contributed by atoms with van der Waals surface area (Å²) in [5.41, 5.74) is 0. The Morgan fingerprint density at radius 3 is 0.600 bits per heavy atom. The fourth-order valence-electron chi connectivity index (χ4n) is 0. The Bertz CT molecular complexity index is 6.85. The third-order valence-corrected chi connectivity index (χ3v) is 0. The van der Waals surface area contributed by atoms with Gasteiger partial charge >= 0.3 is 38.8 Å². The van der Waals surface area contributed by atoms with Gasteiger partial charge in [0.25, 0.3) is 0 Å². The van der Waals surface area contributed by atoms with Crippen molar-refractivity contribution in [2.45, 2.75) is 0 Å². The predicted octanol–water partition coefficient (Wildman–Crippen LogP) is -0.361. The topological polar surface area (TPSA) is 85.5 Å². The Labute approximate surface area is 55.4 Å². The zero-order chi connectivity index (χ0) is 0. The summed E-state index contributed by atoms with van der Waals surface area (Å²) in [4.78, 5) is 0. The van der Waals surface area contributed by atoms with E-state index in [0.29, 0.717) is 0 Å². The average molecular weight is 159 g/mol. The minimum absolute atomic E-state index is 0. The molecule has 0 spiro atoms. The Morgan fingerprint density at radius 1 is 0.600 bits per heavy atom. The third kappa shape index (κ3) is 40.0. The van der Waals surface area contributed by atoms with Crippen LogP contribution in [0.1, 0.15) is 0 Å². The molecule has 0 saturated carbocycles. The van der Waals surface area contributed by atoms with Gasteiger partial charge in [-0.15, -0.1) is 0 Å². The van der Waals surface area contributed by atoms with E-state index in [9.17, 15) is 0 Å². The normalized spacial score (nSPS) is 0. The molecule has 0 aromatic heterocycles. The molecule has 0 amide bonds. The Morgan fingerprint density at radius 2 is 0.600 bits per heavy atom. The van der Waals surface area contributed by atoms with E-state index in [-0.39, 0.29) is 55.2 Å². The zero-order valence-corrected chi connectivity index (χ0v) is 4.53.